The zero-order valence-electron chi connectivity index (χ0n) is 9.92. The molecule has 0 spiro atoms. The van der Waals surface area contributed by atoms with Crippen molar-refractivity contribution in [1.29, 1.82) is 0 Å². The van der Waals surface area contributed by atoms with Crippen molar-refractivity contribution in [3.63, 3.8) is 0 Å². The van der Waals surface area contributed by atoms with Crippen LogP contribution in [0.1, 0.15) is 32.1 Å². The van der Waals surface area contributed by atoms with Gasteiger partial charge in [0.05, 0.1) is 0 Å². The Morgan fingerprint density at radius 1 is 1.13 bits per heavy atom. The Labute approximate surface area is 91.1 Å². The smallest absolute Gasteiger partial charge is 0.134 e. The summed E-state index contributed by atoms with van der Waals surface area (Å²) < 4.78 is 5.62. The van der Waals surface area contributed by atoms with Crippen molar-refractivity contribution in [2.45, 2.75) is 34.1 Å². The van der Waals surface area contributed by atoms with Crippen LogP contribution in [0.4, 0.5) is 0 Å². The molecule has 0 bridgehead atoms. The molecule has 0 saturated carbocycles. The molecule has 1 nitrogen and oxygen atoms in total. The van der Waals surface area contributed by atoms with Gasteiger partial charge in [0.15, 0.2) is 0 Å². The van der Waals surface area contributed by atoms with Gasteiger partial charge in [-0.15, -0.1) is 0 Å². The topological polar surface area (TPSA) is 13.1 Å². The Balaban J connectivity index is 2.38. The van der Waals surface area contributed by atoms with Gasteiger partial charge in [-0.1, -0.05) is 32.9 Å². The molecule has 0 aliphatic rings. The molecular weight excluding hydrogens is 184 g/mol. The van der Waals surface area contributed by atoms with Crippen LogP contribution in [0.3, 0.4) is 0 Å². The second kappa shape index (κ2) is 3.41. The van der Waals surface area contributed by atoms with Crippen molar-refractivity contribution in [3.8, 4) is 0 Å². The zero-order chi connectivity index (χ0) is 11.1. The summed E-state index contributed by atoms with van der Waals surface area (Å²) >= 11 is 0. The molecule has 15 heavy (non-hydrogen) atoms. The summed E-state index contributed by atoms with van der Waals surface area (Å²) in [4.78, 5) is 0. The number of aryl methyl sites for hydroxylation is 1. The fraction of sp³-hybridized carbons (Fsp3) is 0.429. The number of benzene rings is 1. The molecule has 1 heterocycles. The molecule has 0 aliphatic heterocycles. The number of fused-ring (bicyclic) bond motifs is 1. The normalized spacial score (nSPS) is 12.3. The molecule has 0 aliphatic carbocycles. The van der Waals surface area contributed by atoms with Crippen molar-refractivity contribution in [3.05, 3.63) is 35.6 Å². The lowest BCUT2D eigenvalue weighted by atomic mass is 9.88. The Bertz CT molecular complexity index is 472. The molecule has 1 aromatic carbocycles. The number of hydrogen-bond donors (Lipinski definition) is 0. The summed E-state index contributed by atoms with van der Waals surface area (Å²) in [6, 6.07) is 8.58. The van der Waals surface area contributed by atoms with Crippen molar-refractivity contribution < 1.29 is 4.42 Å². The van der Waals surface area contributed by atoms with Gasteiger partial charge in [0.1, 0.15) is 11.3 Å². The Kier molecular flexibility index (Phi) is 2.34. The lowest BCUT2D eigenvalue weighted by molar-refractivity contribution is 0.411. The van der Waals surface area contributed by atoms with Crippen LogP contribution in [0.25, 0.3) is 11.0 Å². The van der Waals surface area contributed by atoms with E-state index in [1.807, 2.05) is 6.92 Å². The first-order chi connectivity index (χ1) is 6.94. The van der Waals surface area contributed by atoms with E-state index in [2.05, 4.69) is 45.0 Å². The molecule has 2 aromatic rings. The van der Waals surface area contributed by atoms with E-state index < -0.39 is 0 Å². The highest BCUT2D eigenvalue weighted by Gasteiger charge is 2.12. The second-order valence-electron chi connectivity index (χ2n) is 5.47. The zero-order valence-corrected chi connectivity index (χ0v) is 9.92. The van der Waals surface area contributed by atoms with Crippen molar-refractivity contribution >= 4 is 11.0 Å². The maximum Gasteiger partial charge on any atom is 0.134 e. The first-order valence-electron chi connectivity index (χ1n) is 5.43. The minimum Gasteiger partial charge on any atom is -0.461 e. The van der Waals surface area contributed by atoms with Gasteiger partial charge in [0.25, 0.3) is 0 Å². The van der Waals surface area contributed by atoms with Gasteiger partial charge in [-0.05, 0) is 36.5 Å². The van der Waals surface area contributed by atoms with E-state index in [1.54, 1.807) is 0 Å². The molecule has 0 amide bonds. The quantitative estimate of drug-likeness (QED) is 0.670. The van der Waals surface area contributed by atoms with Crippen LogP contribution in [0.2, 0.25) is 0 Å². The van der Waals surface area contributed by atoms with E-state index in [0.29, 0.717) is 5.41 Å². The fourth-order valence-electron chi connectivity index (χ4n) is 1.93. The van der Waals surface area contributed by atoms with Gasteiger partial charge in [-0.2, -0.15) is 0 Å². The number of rotatable bonds is 1. The first-order valence-corrected chi connectivity index (χ1v) is 5.43. The summed E-state index contributed by atoms with van der Waals surface area (Å²) in [7, 11) is 0. The first kappa shape index (κ1) is 10.3. The summed E-state index contributed by atoms with van der Waals surface area (Å²) in [5.74, 6) is 0.984. The highest BCUT2D eigenvalue weighted by atomic mass is 16.3. The molecule has 0 fully saturated rings. The van der Waals surface area contributed by atoms with Crippen molar-refractivity contribution in [2.75, 3.05) is 0 Å². The molecule has 80 valence electrons. The van der Waals surface area contributed by atoms with Gasteiger partial charge >= 0.3 is 0 Å². The monoisotopic (exact) mass is 202 g/mol. The van der Waals surface area contributed by atoms with Crippen LogP contribution in [0.5, 0.6) is 0 Å². The molecule has 0 N–H and O–H groups in total. The van der Waals surface area contributed by atoms with Crippen molar-refractivity contribution in [2.24, 2.45) is 5.41 Å². The minimum atomic E-state index is 0.329. The number of furan rings is 1. The molecule has 1 aromatic heterocycles. The average Bonchev–Trinajstić information content (AvgIpc) is 2.40. The standard InChI is InChI=1S/C14H18O/c1-10-7-12-6-5-11(8-13(12)15-10)9-14(2,3)4/h5-8H,9H2,1-4H3. The minimum absolute atomic E-state index is 0.329. The predicted octanol–water partition coefficient (Wildman–Crippen LogP) is 4.33. The van der Waals surface area contributed by atoms with Crippen LogP contribution in [-0.2, 0) is 6.42 Å². The fourth-order valence-corrected chi connectivity index (χ4v) is 1.93. The summed E-state index contributed by atoms with van der Waals surface area (Å²) in [6.45, 7) is 8.75. The van der Waals surface area contributed by atoms with Crippen LogP contribution in [0.15, 0.2) is 28.7 Å². The van der Waals surface area contributed by atoms with Gasteiger partial charge in [0, 0.05) is 5.39 Å². The lowest BCUT2D eigenvalue weighted by Crippen LogP contribution is -2.08. The van der Waals surface area contributed by atoms with Crippen molar-refractivity contribution in [1.82, 2.24) is 0 Å². The van der Waals surface area contributed by atoms with Gasteiger partial charge in [0.2, 0.25) is 0 Å². The predicted molar refractivity (Wildman–Crippen MR) is 64.1 cm³/mol. The van der Waals surface area contributed by atoms with E-state index in [0.717, 1.165) is 17.8 Å². The van der Waals surface area contributed by atoms with Gasteiger partial charge in [-0.25, -0.2) is 0 Å². The molecular formula is C14H18O. The third-order valence-corrected chi connectivity index (χ3v) is 2.44. The lowest BCUT2D eigenvalue weighted by Gasteiger charge is -2.17. The van der Waals surface area contributed by atoms with E-state index in [-0.39, 0.29) is 0 Å². The van der Waals surface area contributed by atoms with E-state index in [9.17, 15) is 0 Å². The third kappa shape index (κ3) is 2.41. The average molecular weight is 202 g/mol. The third-order valence-electron chi connectivity index (χ3n) is 2.44. The summed E-state index contributed by atoms with van der Waals surface area (Å²) in [5, 5.41) is 1.20. The Morgan fingerprint density at radius 2 is 1.87 bits per heavy atom. The molecule has 0 saturated heterocycles. The molecule has 0 unspecified atom stereocenters. The van der Waals surface area contributed by atoms with Gasteiger partial charge in [-0.3, -0.25) is 0 Å². The Hall–Kier alpha value is -1.24. The van der Waals surface area contributed by atoms with E-state index in [4.69, 9.17) is 4.42 Å². The highest BCUT2D eigenvalue weighted by molar-refractivity contribution is 5.78. The van der Waals surface area contributed by atoms with Crippen LogP contribution in [0, 0.1) is 12.3 Å². The molecule has 0 radical (unpaired) electrons. The van der Waals surface area contributed by atoms with E-state index in [1.165, 1.54) is 10.9 Å². The largest absolute Gasteiger partial charge is 0.461 e. The SMILES string of the molecule is Cc1cc2ccc(CC(C)(C)C)cc2o1. The number of hydrogen-bond acceptors (Lipinski definition) is 1. The highest BCUT2D eigenvalue weighted by Crippen LogP contribution is 2.25. The Morgan fingerprint density at radius 3 is 2.53 bits per heavy atom. The van der Waals surface area contributed by atoms with Gasteiger partial charge < -0.3 is 4.42 Å². The van der Waals surface area contributed by atoms with E-state index >= 15 is 0 Å². The molecule has 0 atom stereocenters. The van der Waals surface area contributed by atoms with Crippen LogP contribution >= 0.6 is 0 Å². The summed E-state index contributed by atoms with van der Waals surface area (Å²) in [6.07, 6.45) is 1.09. The maximum atomic E-state index is 5.62. The van der Waals surface area contributed by atoms with Crippen LogP contribution < -0.4 is 0 Å². The van der Waals surface area contributed by atoms with Crippen LogP contribution in [-0.4, -0.2) is 0 Å². The second-order valence-corrected chi connectivity index (χ2v) is 5.47. The molecule has 1 heteroatoms. The molecule has 2 rings (SSSR count). The summed E-state index contributed by atoms with van der Waals surface area (Å²) in [5.41, 5.74) is 2.69. The maximum absolute atomic E-state index is 5.62.